The van der Waals surface area contributed by atoms with Gasteiger partial charge in [-0.1, -0.05) is 18.6 Å². The molecule has 1 N–H and O–H groups in total. The number of sulfonamides is 1. The van der Waals surface area contributed by atoms with Crippen molar-refractivity contribution in [3.63, 3.8) is 0 Å². The molecular weight excluding hydrogens is 434 g/mol. The van der Waals surface area contributed by atoms with Gasteiger partial charge in [-0.15, -0.1) is 11.3 Å². The number of nitrogens with one attached hydrogen (secondary N) is 1. The fraction of sp³-hybridized carbons (Fsp3) is 0.455. The Morgan fingerprint density at radius 3 is 2.55 bits per heavy atom. The van der Waals surface area contributed by atoms with Gasteiger partial charge in [0.15, 0.2) is 0 Å². The highest BCUT2D eigenvalue weighted by Crippen LogP contribution is 2.25. The maximum atomic E-state index is 12.9. The van der Waals surface area contributed by atoms with Crippen molar-refractivity contribution in [1.82, 2.24) is 9.21 Å². The molecule has 2 aliphatic rings. The van der Waals surface area contributed by atoms with Crippen LogP contribution >= 0.6 is 11.3 Å². The van der Waals surface area contributed by atoms with Crippen molar-refractivity contribution in [1.29, 1.82) is 0 Å². The van der Waals surface area contributed by atoms with E-state index in [1.807, 2.05) is 11.4 Å². The van der Waals surface area contributed by atoms with Gasteiger partial charge in [-0.05, 0) is 55.3 Å². The van der Waals surface area contributed by atoms with Gasteiger partial charge in [0.25, 0.3) is 5.91 Å². The Bertz CT molecular complexity index is 1030. The largest absolute Gasteiger partial charge is 0.337 e. The van der Waals surface area contributed by atoms with E-state index in [1.165, 1.54) is 21.7 Å². The summed E-state index contributed by atoms with van der Waals surface area (Å²) in [4.78, 5) is 28.1. The monoisotopic (exact) mass is 461 g/mol. The van der Waals surface area contributed by atoms with E-state index in [0.29, 0.717) is 43.2 Å². The van der Waals surface area contributed by atoms with Crippen LogP contribution in [0, 0.1) is 5.92 Å². The fourth-order valence-electron chi connectivity index (χ4n) is 4.16. The van der Waals surface area contributed by atoms with Crippen molar-refractivity contribution in [2.45, 2.75) is 37.0 Å². The van der Waals surface area contributed by atoms with E-state index in [0.717, 1.165) is 25.7 Å². The van der Waals surface area contributed by atoms with Crippen LogP contribution < -0.4 is 5.32 Å². The molecule has 2 aliphatic heterocycles. The SMILES string of the molecule is O=C(Nc1cccc(S(=O)(=O)N2CCCCC2)c1)[C@@H]1CCCN(C(=O)c2cccs2)C1. The molecule has 3 heterocycles. The molecule has 2 amide bonds. The maximum absolute atomic E-state index is 12.9. The lowest BCUT2D eigenvalue weighted by Gasteiger charge is -2.31. The van der Waals surface area contributed by atoms with Gasteiger partial charge in [0.05, 0.1) is 15.7 Å². The van der Waals surface area contributed by atoms with Gasteiger partial charge in [0, 0.05) is 31.9 Å². The van der Waals surface area contributed by atoms with E-state index in [-0.39, 0.29) is 22.6 Å². The number of nitrogens with zero attached hydrogens (tertiary/aromatic N) is 2. The zero-order chi connectivity index (χ0) is 21.8. The quantitative estimate of drug-likeness (QED) is 0.739. The summed E-state index contributed by atoms with van der Waals surface area (Å²) in [5.41, 5.74) is 0.463. The smallest absolute Gasteiger partial charge is 0.263 e. The average molecular weight is 462 g/mol. The molecule has 1 atom stereocenters. The molecule has 0 unspecified atom stereocenters. The molecule has 9 heteroatoms. The van der Waals surface area contributed by atoms with Crippen LogP contribution in [0.5, 0.6) is 0 Å². The number of anilines is 1. The molecule has 2 saturated heterocycles. The predicted molar refractivity (Wildman–Crippen MR) is 121 cm³/mol. The van der Waals surface area contributed by atoms with Crippen LogP contribution in [0.3, 0.4) is 0 Å². The zero-order valence-electron chi connectivity index (χ0n) is 17.3. The minimum absolute atomic E-state index is 0.0397. The van der Waals surface area contributed by atoms with Crippen LogP contribution in [0.2, 0.25) is 0 Å². The number of likely N-dealkylation sites (tertiary alicyclic amines) is 1. The number of piperidine rings is 2. The molecule has 0 spiro atoms. The topological polar surface area (TPSA) is 86.8 Å². The van der Waals surface area contributed by atoms with Crippen molar-refractivity contribution in [3.8, 4) is 0 Å². The Kier molecular flexibility index (Phi) is 6.74. The third-order valence-electron chi connectivity index (χ3n) is 5.87. The van der Waals surface area contributed by atoms with E-state index in [4.69, 9.17) is 0 Å². The number of carbonyl (C=O) groups excluding carboxylic acids is 2. The third-order valence-corrected chi connectivity index (χ3v) is 8.62. The van der Waals surface area contributed by atoms with Crippen LogP contribution in [0.15, 0.2) is 46.7 Å². The Morgan fingerprint density at radius 1 is 1.00 bits per heavy atom. The molecule has 2 aromatic rings. The minimum Gasteiger partial charge on any atom is -0.337 e. The van der Waals surface area contributed by atoms with E-state index in [2.05, 4.69) is 5.32 Å². The molecule has 0 aliphatic carbocycles. The standard InChI is InChI=1S/C22H27N3O4S2/c26-21(17-7-5-11-24(16-17)22(27)20-10-6-14-30-20)23-18-8-4-9-19(15-18)31(28,29)25-12-2-1-3-13-25/h4,6,8-10,14-15,17H,1-3,5,7,11-13,16H2,(H,23,26)/t17-/m1/s1. The number of hydrogen-bond donors (Lipinski definition) is 1. The maximum Gasteiger partial charge on any atom is 0.263 e. The normalized spacial score (nSPS) is 20.4. The van der Waals surface area contributed by atoms with Gasteiger partial charge in [-0.25, -0.2) is 8.42 Å². The third kappa shape index (κ3) is 4.99. The Hall–Kier alpha value is -2.23. The first-order chi connectivity index (χ1) is 14.9. The summed E-state index contributed by atoms with van der Waals surface area (Å²) >= 11 is 1.40. The molecule has 7 nitrogen and oxygen atoms in total. The lowest BCUT2D eigenvalue weighted by atomic mass is 9.97. The highest BCUT2D eigenvalue weighted by Gasteiger charge is 2.30. The lowest BCUT2D eigenvalue weighted by molar-refractivity contribution is -0.121. The number of amides is 2. The van der Waals surface area contributed by atoms with Gasteiger partial charge in [-0.3, -0.25) is 9.59 Å². The summed E-state index contributed by atoms with van der Waals surface area (Å²) in [6.07, 6.45) is 4.26. The summed E-state index contributed by atoms with van der Waals surface area (Å²) in [5.74, 6) is -0.543. The fourth-order valence-corrected chi connectivity index (χ4v) is 6.42. The van der Waals surface area contributed by atoms with Gasteiger partial charge >= 0.3 is 0 Å². The van der Waals surface area contributed by atoms with E-state index >= 15 is 0 Å². The number of rotatable bonds is 5. The average Bonchev–Trinajstić information content (AvgIpc) is 3.34. The molecule has 1 aromatic carbocycles. The lowest BCUT2D eigenvalue weighted by Crippen LogP contribution is -2.43. The Balaban J connectivity index is 1.42. The highest BCUT2D eigenvalue weighted by molar-refractivity contribution is 7.89. The van der Waals surface area contributed by atoms with Crippen LogP contribution in [-0.2, 0) is 14.8 Å². The molecule has 166 valence electrons. The van der Waals surface area contributed by atoms with E-state index in [1.54, 1.807) is 29.2 Å². The molecule has 1 aromatic heterocycles. The van der Waals surface area contributed by atoms with E-state index in [9.17, 15) is 18.0 Å². The summed E-state index contributed by atoms with van der Waals surface area (Å²) in [6, 6.07) is 10.1. The van der Waals surface area contributed by atoms with Crippen molar-refractivity contribution in [2.24, 2.45) is 5.92 Å². The Labute approximate surface area is 187 Å². The molecule has 0 bridgehead atoms. The first-order valence-corrected chi connectivity index (χ1v) is 13.0. The molecule has 0 radical (unpaired) electrons. The summed E-state index contributed by atoms with van der Waals surface area (Å²) in [5, 5.41) is 4.73. The van der Waals surface area contributed by atoms with Crippen molar-refractivity contribution in [3.05, 3.63) is 46.7 Å². The van der Waals surface area contributed by atoms with Crippen LogP contribution in [-0.4, -0.2) is 55.6 Å². The second-order valence-corrected chi connectivity index (χ2v) is 10.9. The summed E-state index contributed by atoms with van der Waals surface area (Å²) < 4.78 is 27.4. The minimum atomic E-state index is -3.56. The summed E-state index contributed by atoms with van der Waals surface area (Å²) in [7, 11) is -3.56. The van der Waals surface area contributed by atoms with Crippen molar-refractivity contribution < 1.29 is 18.0 Å². The molecular formula is C22H27N3O4S2. The summed E-state index contributed by atoms with van der Waals surface area (Å²) in [6.45, 7) is 2.09. The molecule has 0 saturated carbocycles. The first kappa shape index (κ1) is 22.0. The second-order valence-electron chi connectivity index (χ2n) is 8.05. The second kappa shape index (κ2) is 9.50. The predicted octanol–water partition coefficient (Wildman–Crippen LogP) is 3.41. The van der Waals surface area contributed by atoms with Gasteiger partial charge in [0.2, 0.25) is 15.9 Å². The van der Waals surface area contributed by atoms with Crippen molar-refractivity contribution in [2.75, 3.05) is 31.5 Å². The first-order valence-electron chi connectivity index (χ1n) is 10.7. The number of carbonyl (C=O) groups is 2. The Morgan fingerprint density at radius 2 is 1.81 bits per heavy atom. The van der Waals surface area contributed by atoms with Crippen LogP contribution in [0.1, 0.15) is 41.8 Å². The van der Waals surface area contributed by atoms with Gasteiger partial charge < -0.3 is 10.2 Å². The molecule has 4 rings (SSSR count). The van der Waals surface area contributed by atoms with E-state index < -0.39 is 10.0 Å². The number of hydrogen-bond acceptors (Lipinski definition) is 5. The molecule has 2 fully saturated rings. The van der Waals surface area contributed by atoms with Crippen LogP contribution in [0.4, 0.5) is 5.69 Å². The van der Waals surface area contributed by atoms with Crippen LogP contribution in [0.25, 0.3) is 0 Å². The highest BCUT2D eigenvalue weighted by atomic mass is 32.2. The number of benzene rings is 1. The van der Waals surface area contributed by atoms with Crippen molar-refractivity contribution >= 4 is 38.9 Å². The van der Waals surface area contributed by atoms with Gasteiger partial charge in [0.1, 0.15) is 0 Å². The number of thiophene rings is 1. The van der Waals surface area contributed by atoms with Gasteiger partial charge in [-0.2, -0.15) is 4.31 Å². The zero-order valence-corrected chi connectivity index (χ0v) is 19.0. The molecule has 31 heavy (non-hydrogen) atoms.